The molecule has 1 aliphatic heterocycles. The molecule has 0 radical (unpaired) electrons. The third kappa shape index (κ3) is 3.89. The number of rotatable bonds is 3. The van der Waals surface area contributed by atoms with Crippen LogP contribution in [0.5, 0.6) is 0 Å². The van der Waals surface area contributed by atoms with Gasteiger partial charge in [0.15, 0.2) is 0 Å². The summed E-state index contributed by atoms with van der Waals surface area (Å²) in [5, 5.41) is 9.76. The van der Waals surface area contributed by atoms with Gasteiger partial charge in [0, 0.05) is 29.8 Å². The van der Waals surface area contributed by atoms with Crippen molar-refractivity contribution in [2.75, 3.05) is 6.61 Å². The molecule has 1 aliphatic rings. The Kier molecular flexibility index (Phi) is 5.07. The molecule has 0 unspecified atom stereocenters. The average molecular weight is 327 g/mol. The number of aliphatic hydroxyl groups excluding tert-OH is 1. The Morgan fingerprint density at radius 1 is 1.25 bits per heavy atom. The molecule has 1 aromatic heterocycles. The Hall–Kier alpha value is -2.04. The second-order valence-electron chi connectivity index (χ2n) is 6.30. The minimum atomic E-state index is -0.304. The molecule has 1 fully saturated rings. The van der Waals surface area contributed by atoms with Crippen LogP contribution in [0.25, 0.3) is 17.3 Å². The van der Waals surface area contributed by atoms with Gasteiger partial charge in [0.25, 0.3) is 0 Å². The van der Waals surface area contributed by atoms with Gasteiger partial charge in [0.2, 0.25) is 0 Å². The quantitative estimate of drug-likeness (QED) is 0.924. The molecule has 2 heterocycles. The van der Waals surface area contributed by atoms with Crippen LogP contribution < -0.4 is 0 Å². The van der Waals surface area contributed by atoms with E-state index in [1.807, 2.05) is 32.1 Å². The Morgan fingerprint density at radius 3 is 2.71 bits per heavy atom. The first-order valence-corrected chi connectivity index (χ1v) is 8.25. The first-order chi connectivity index (χ1) is 11.5. The minimum Gasteiger partial charge on any atom is -0.393 e. The lowest BCUT2D eigenvalue weighted by atomic mass is 9.98. The average Bonchev–Trinajstić information content (AvgIpc) is 2.54. The molecular formula is C20H22FNO2. The predicted molar refractivity (Wildman–Crippen MR) is 93.1 cm³/mol. The molecule has 1 saturated heterocycles. The number of ether oxygens (including phenoxy) is 1. The van der Waals surface area contributed by atoms with Crippen molar-refractivity contribution in [1.29, 1.82) is 0 Å². The van der Waals surface area contributed by atoms with Gasteiger partial charge in [-0.2, -0.15) is 0 Å². The first kappa shape index (κ1) is 16.8. The molecule has 0 amide bonds. The van der Waals surface area contributed by atoms with Crippen molar-refractivity contribution >= 4 is 6.08 Å². The zero-order chi connectivity index (χ0) is 17.1. The smallest absolute Gasteiger partial charge is 0.123 e. The van der Waals surface area contributed by atoms with E-state index in [0.717, 1.165) is 28.1 Å². The van der Waals surface area contributed by atoms with E-state index in [9.17, 15) is 9.50 Å². The summed E-state index contributed by atoms with van der Waals surface area (Å²) >= 11 is 0. The van der Waals surface area contributed by atoms with E-state index in [4.69, 9.17) is 4.74 Å². The lowest BCUT2D eigenvalue weighted by Gasteiger charge is -2.24. The van der Waals surface area contributed by atoms with Gasteiger partial charge in [0.05, 0.1) is 17.9 Å². The number of halogens is 1. The van der Waals surface area contributed by atoms with Crippen LogP contribution >= 0.6 is 0 Å². The molecule has 0 aliphatic carbocycles. The zero-order valence-electron chi connectivity index (χ0n) is 14.0. The third-order valence-corrected chi connectivity index (χ3v) is 4.28. The van der Waals surface area contributed by atoms with Crippen molar-refractivity contribution in [2.45, 2.75) is 38.9 Å². The van der Waals surface area contributed by atoms with Crippen molar-refractivity contribution in [1.82, 2.24) is 4.98 Å². The van der Waals surface area contributed by atoms with E-state index in [-0.39, 0.29) is 18.0 Å². The fraction of sp³-hybridized carbons (Fsp3) is 0.350. The summed E-state index contributed by atoms with van der Waals surface area (Å²) in [5.74, 6) is -0.259. The fourth-order valence-corrected chi connectivity index (χ4v) is 3.03. The third-order valence-electron chi connectivity index (χ3n) is 4.28. The molecule has 2 aromatic rings. The maximum Gasteiger partial charge on any atom is 0.123 e. The highest BCUT2D eigenvalue weighted by molar-refractivity contribution is 5.74. The van der Waals surface area contributed by atoms with Crippen molar-refractivity contribution < 1.29 is 14.2 Å². The normalized spacial score (nSPS) is 21.3. The molecular weight excluding hydrogens is 305 g/mol. The van der Waals surface area contributed by atoms with Crippen LogP contribution in [-0.2, 0) is 4.74 Å². The van der Waals surface area contributed by atoms with Gasteiger partial charge in [-0.15, -0.1) is 0 Å². The number of nitrogens with zero attached hydrogens (tertiary/aromatic N) is 1. The summed E-state index contributed by atoms with van der Waals surface area (Å²) in [5.41, 5.74) is 4.74. The molecule has 1 aromatic carbocycles. The van der Waals surface area contributed by atoms with E-state index in [1.165, 1.54) is 12.1 Å². The maximum absolute atomic E-state index is 13.2. The Labute approximate surface area is 141 Å². The SMILES string of the molecule is Cc1cc(C)c(/C=C/[C@@H]2C[C@@H](O)CCO2)c(-c2ccc(F)cc2)n1. The second kappa shape index (κ2) is 7.24. The minimum absolute atomic E-state index is 0.0875. The number of hydrogen-bond acceptors (Lipinski definition) is 3. The molecule has 24 heavy (non-hydrogen) atoms. The summed E-state index contributed by atoms with van der Waals surface area (Å²) in [6, 6.07) is 8.42. The standard InChI is InChI=1S/C20H22FNO2/c1-13-11-14(2)22-20(15-3-5-16(21)6-4-15)19(13)8-7-18-12-17(23)9-10-24-18/h3-8,11,17-18,23H,9-10,12H2,1-2H3/b8-7+/t17-,18+/m0/s1. The van der Waals surface area contributed by atoms with E-state index in [1.54, 1.807) is 12.1 Å². The van der Waals surface area contributed by atoms with Gasteiger partial charge in [-0.25, -0.2) is 4.39 Å². The van der Waals surface area contributed by atoms with Gasteiger partial charge >= 0.3 is 0 Å². The van der Waals surface area contributed by atoms with E-state index < -0.39 is 0 Å². The van der Waals surface area contributed by atoms with Crippen molar-refractivity contribution in [2.24, 2.45) is 0 Å². The Bertz CT molecular complexity index is 740. The summed E-state index contributed by atoms with van der Waals surface area (Å²) < 4.78 is 18.9. The lowest BCUT2D eigenvalue weighted by Crippen LogP contribution is -2.27. The first-order valence-electron chi connectivity index (χ1n) is 8.25. The van der Waals surface area contributed by atoms with Crippen molar-refractivity contribution in [3.8, 4) is 11.3 Å². The van der Waals surface area contributed by atoms with Crippen LogP contribution in [0.1, 0.15) is 29.7 Å². The summed E-state index contributed by atoms with van der Waals surface area (Å²) in [4.78, 5) is 4.65. The lowest BCUT2D eigenvalue weighted by molar-refractivity contribution is -0.0207. The monoisotopic (exact) mass is 327 g/mol. The van der Waals surface area contributed by atoms with E-state index >= 15 is 0 Å². The maximum atomic E-state index is 13.2. The number of hydrogen-bond donors (Lipinski definition) is 1. The largest absolute Gasteiger partial charge is 0.393 e. The molecule has 3 rings (SSSR count). The van der Waals surface area contributed by atoms with Crippen LogP contribution in [0.2, 0.25) is 0 Å². The van der Waals surface area contributed by atoms with Crippen LogP contribution in [0.3, 0.4) is 0 Å². The van der Waals surface area contributed by atoms with E-state index in [2.05, 4.69) is 4.98 Å². The van der Waals surface area contributed by atoms with Crippen LogP contribution in [-0.4, -0.2) is 28.9 Å². The highest BCUT2D eigenvalue weighted by Crippen LogP contribution is 2.27. The number of aliphatic hydroxyl groups is 1. The van der Waals surface area contributed by atoms with Gasteiger partial charge in [-0.3, -0.25) is 4.98 Å². The Morgan fingerprint density at radius 2 is 2.00 bits per heavy atom. The summed E-state index contributed by atoms with van der Waals surface area (Å²) in [6.07, 6.45) is 4.90. The summed E-state index contributed by atoms with van der Waals surface area (Å²) in [6.45, 7) is 4.57. The van der Waals surface area contributed by atoms with E-state index in [0.29, 0.717) is 19.4 Å². The number of aryl methyl sites for hydroxylation is 2. The van der Waals surface area contributed by atoms with Gasteiger partial charge in [-0.1, -0.05) is 12.2 Å². The highest BCUT2D eigenvalue weighted by atomic mass is 19.1. The van der Waals surface area contributed by atoms with Crippen LogP contribution in [0, 0.1) is 19.7 Å². The number of benzene rings is 1. The highest BCUT2D eigenvalue weighted by Gasteiger charge is 2.18. The van der Waals surface area contributed by atoms with Crippen LogP contribution in [0.4, 0.5) is 4.39 Å². The molecule has 0 spiro atoms. The molecule has 126 valence electrons. The molecule has 3 nitrogen and oxygen atoms in total. The van der Waals surface area contributed by atoms with Gasteiger partial charge in [-0.05, 0) is 56.2 Å². The zero-order valence-corrected chi connectivity index (χ0v) is 14.0. The van der Waals surface area contributed by atoms with Crippen LogP contribution in [0.15, 0.2) is 36.4 Å². The molecule has 4 heteroatoms. The number of aromatic nitrogens is 1. The fourth-order valence-electron chi connectivity index (χ4n) is 3.03. The Balaban J connectivity index is 1.95. The predicted octanol–water partition coefficient (Wildman–Crippen LogP) is 4.06. The van der Waals surface area contributed by atoms with Crippen molar-refractivity contribution in [3.63, 3.8) is 0 Å². The summed E-state index contributed by atoms with van der Waals surface area (Å²) in [7, 11) is 0. The molecule has 2 atom stereocenters. The van der Waals surface area contributed by atoms with Crippen molar-refractivity contribution in [3.05, 3.63) is 59.0 Å². The number of pyridine rings is 1. The van der Waals surface area contributed by atoms with Gasteiger partial charge < -0.3 is 9.84 Å². The van der Waals surface area contributed by atoms with Gasteiger partial charge in [0.1, 0.15) is 5.82 Å². The molecule has 0 saturated carbocycles. The molecule has 1 N–H and O–H groups in total. The topological polar surface area (TPSA) is 42.4 Å². The second-order valence-corrected chi connectivity index (χ2v) is 6.30. The molecule has 0 bridgehead atoms.